The maximum atomic E-state index is 12.2. The maximum absolute atomic E-state index is 12.2. The molecule has 0 spiro atoms. The van der Waals surface area contributed by atoms with Gasteiger partial charge >= 0.3 is 5.69 Å². The number of piperazine rings is 1. The van der Waals surface area contributed by atoms with E-state index in [2.05, 4.69) is 26.9 Å². The van der Waals surface area contributed by atoms with Crippen LogP contribution in [0.1, 0.15) is 12.0 Å². The van der Waals surface area contributed by atoms with Crippen LogP contribution in [-0.4, -0.2) is 65.3 Å². The zero-order chi connectivity index (χ0) is 20.3. The molecule has 7 heteroatoms. The second kappa shape index (κ2) is 8.53. The number of imidazole rings is 1. The van der Waals surface area contributed by atoms with Crippen LogP contribution in [0.2, 0.25) is 0 Å². The molecule has 0 saturated carbocycles. The van der Waals surface area contributed by atoms with Gasteiger partial charge in [0.25, 0.3) is 0 Å². The smallest absolute Gasteiger partial charge is 0.326 e. The van der Waals surface area contributed by atoms with Crippen LogP contribution in [0, 0.1) is 0 Å². The molecule has 0 radical (unpaired) electrons. The fourth-order valence-corrected chi connectivity index (χ4v) is 4.40. The van der Waals surface area contributed by atoms with Crippen LogP contribution in [0.3, 0.4) is 0 Å². The monoisotopic (exact) mass is 408 g/mol. The number of H-pyrrole nitrogens is 1. The van der Waals surface area contributed by atoms with Crippen LogP contribution in [0.4, 0.5) is 0 Å². The third-order valence-electron chi connectivity index (χ3n) is 6.02. The van der Waals surface area contributed by atoms with Gasteiger partial charge in [0, 0.05) is 39.3 Å². The highest BCUT2D eigenvalue weighted by Gasteiger charge is 2.18. The van der Waals surface area contributed by atoms with Crippen molar-refractivity contribution in [3.8, 4) is 11.5 Å². The van der Waals surface area contributed by atoms with Gasteiger partial charge in [-0.15, -0.1) is 0 Å². The molecule has 30 heavy (non-hydrogen) atoms. The van der Waals surface area contributed by atoms with Crippen molar-refractivity contribution in [1.82, 2.24) is 19.4 Å². The van der Waals surface area contributed by atoms with Crippen LogP contribution in [-0.2, 0) is 13.1 Å². The summed E-state index contributed by atoms with van der Waals surface area (Å²) in [4.78, 5) is 20.1. The second-order valence-electron chi connectivity index (χ2n) is 8.05. The van der Waals surface area contributed by atoms with Crippen molar-refractivity contribution in [1.29, 1.82) is 0 Å². The largest absolute Gasteiger partial charge is 0.486 e. The number of hydrogen-bond acceptors (Lipinski definition) is 5. The second-order valence-corrected chi connectivity index (χ2v) is 8.05. The molecule has 2 aliphatic rings. The topological polar surface area (TPSA) is 62.7 Å². The summed E-state index contributed by atoms with van der Waals surface area (Å²) in [6.45, 7) is 8.20. The number of aromatic amines is 1. The van der Waals surface area contributed by atoms with Crippen molar-refractivity contribution in [3.63, 3.8) is 0 Å². The summed E-state index contributed by atoms with van der Waals surface area (Å²) in [5, 5.41) is 0. The summed E-state index contributed by atoms with van der Waals surface area (Å²) in [5.41, 5.74) is 3.16. The molecule has 1 aromatic heterocycles. The highest BCUT2D eigenvalue weighted by Crippen LogP contribution is 2.31. The van der Waals surface area contributed by atoms with Crippen LogP contribution in [0.15, 0.2) is 47.3 Å². The minimum atomic E-state index is -0.0135. The Morgan fingerprint density at radius 1 is 0.867 bits per heavy atom. The Bertz CT molecular complexity index is 1070. The summed E-state index contributed by atoms with van der Waals surface area (Å²) in [6.07, 6.45) is 0.976. The number of nitrogens with zero attached hydrogens (tertiary/aromatic N) is 3. The van der Waals surface area contributed by atoms with Crippen molar-refractivity contribution in [3.05, 3.63) is 58.5 Å². The fraction of sp³-hybridized carbons (Fsp3) is 0.435. The van der Waals surface area contributed by atoms with Gasteiger partial charge in [0.1, 0.15) is 13.2 Å². The predicted molar refractivity (Wildman–Crippen MR) is 116 cm³/mol. The Hall–Kier alpha value is -2.77. The van der Waals surface area contributed by atoms with Crippen LogP contribution >= 0.6 is 0 Å². The molecular weight excluding hydrogens is 380 g/mol. The average molecular weight is 409 g/mol. The number of rotatable bonds is 6. The Labute approximate surface area is 175 Å². The Balaban J connectivity index is 1.10. The lowest BCUT2D eigenvalue weighted by Gasteiger charge is -2.34. The van der Waals surface area contributed by atoms with Crippen LogP contribution < -0.4 is 15.2 Å². The molecule has 5 rings (SSSR count). The Kier molecular flexibility index (Phi) is 5.46. The number of nitrogens with one attached hydrogen (secondary N) is 1. The SMILES string of the molecule is O=c1[nH]c2ccccc2n1CCCN1CCN(Cc2ccc3c(c2)OCCO3)CC1. The summed E-state index contributed by atoms with van der Waals surface area (Å²) in [7, 11) is 0. The molecule has 0 bridgehead atoms. The van der Waals surface area contributed by atoms with E-state index < -0.39 is 0 Å². The van der Waals surface area contributed by atoms with Gasteiger partial charge in [-0.2, -0.15) is 0 Å². The molecule has 0 unspecified atom stereocenters. The van der Waals surface area contributed by atoms with Crippen molar-refractivity contribution >= 4 is 11.0 Å². The van der Waals surface area contributed by atoms with Crippen molar-refractivity contribution in [2.24, 2.45) is 0 Å². The normalized spacial score (nSPS) is 17.5. The van der Waals surface area contributed by atoms with E-state index in [0.717, 1.165) is 74.8 Å². The molecule has 2 aliphatic heterocycles. The average Bonchev–Trinajstić information content (AvgIpc) is 3.10. The van der Waals surface area contributed by atoms with Gasteiger partial charge in [-0.1, -0.05) is 18.2 Å². The third-order valence-corrected chi connectivity index (χ3v) is 6.02. The predicted octanol–water partition coefficient (Wildman–Crippen LogP) is 2.31. The highest BCUT2D eigenvalue weighted by atomic mass is 16.6. The standard InChI is InChI=1S/C23H28N4O3/c28-23-24-19-4-1-2-5-20(19)27(23)9-3-8-25-10-12-26(13-11-25)17-18-6-7-21-22(16-18)30-15-14-29-21/h1-2,4-7,16H,3,8-15,17H2,(H,24,28). The van der Waals surface area contributed by atoms with E-state index in [1.54, 1.807) is 0 Å². The van der Waals surface area contributed by atoms with E-state index in [0.29, 0.717) is 13.2 Å². The lowest BCUT2D eigenvalue weighted by molar-refractivity contribution is 0.124. The van der Waals surface area contributed by atoms with Crippen molar-refractivity contribution in [2.75, 3.05) is 45.9 Å². The molecule has 3 aromatic rings. The summed E-state index contributed by atoms with van der Waals surface area (Å²) < 4.78 is 13.2. The molecule has 2 aromatic carbocycles. The molecule has 1 fully saturated rings. The summed E-state index contributed by atoms with van der Waals surface area (Å²) in [6, 6.07) is 14.2. The molecule has 158 valence electrons. The number of aryl methyl sites for hydroxylation is 1. The molecule has 0 amide bonds. The number of benzene rings is 2. The third kappa shape index (κ3) is 4.08. The number of fused-ring (bicyclic) bond motifs is 2. The summed E-state index contributed by atoms with van der Waals surface area (Å²) >= 11 is 0. The quantitative estimate of drug-likeness (QED) is 0.678. The van der Waals surface area contributed by atoms with Gasteiger partial charge in [-0.25, -0.2) is 4.79 Å². The Morgan fingerprint density at radius 2 is 1.63 bits per heavy atom. The lowest BCUT2D eigenvalue weighted by atomic mass is 10.1. The number of ether oxygens (including phenoxy) is 2. The molecule has 1 N–H and O–H groups in total. The van der Waals surface area contributed by atoms with E-state index in [1.165, 1.54) is 5.56 Å². The molecule has 1 saturated heterocycles. The number of para-hydroxylation sites is 2. The van der Waals surface area contributed by atoms with E-state index in [4.69, 9.17) is 9.47 Å². The molecule has 3 heterocycles. The zero-order valence-corrected chi connectivity index (χ0v) is 17.2. The number of aromatic nitrogens is 2. The van der Waals surface area contributed by atoms with Gasteiger partial charge in [0.2, 0.25) is 0 Å². The zero-order valence-electron chi connectivity index (χ0n) is 17.2. The first kappa shape index (κ1) is 19.2. The molecular formula is C23H28N4O3. The van der Waals surface area contributed by atoms with Crippen molar-refractivity contribution < 1.29 is 9.47 Å². The minimum Gasteiger partial charge on any atom is -0.486 e. The molecule has 7 nitrogen and oxygen atoms in total. The number of hydrogen-bond donors (Lipinski definition) is 1. The first-order chi connectivity index (χ1) is 14.8. The van der Waals surface area contributed by atoms with E-state index in [-0.39, 0.29) is 5.69 Å². The fourth-order valence-electron chi connectivity index (χ4n) is 4.40. The van der Waals surface area contributed by atoms with Gasteiger partial charge in [-0.3, -0.25) is 9.47 Å². The Morgan fingerprint density at radius 3 is 2.50 bits per heavy atom. The van der Waals surface area contributed by atoms with Gasteiger partial charge < -0.3 is 19.4 Å². The highest BCUT2D eigenvalue weighted by molar-refractivity contribution is 5.74. The van der Waals surface area contributed by atoms with E-state index >= 15 is 0 Å². The van der Waals surface area contributed by atoms with E-state index in [1.807, 2.05) is 34.9 Å². The van der Waals surface area contributed by atoms with Crippen LogP contribution in [0.5, 0.6) is 11.5 Å². The van der Waals surface area contributed by atoms with E-state index in [9.17, 15) is 4.79 Å². The van der Waals surface area contributed by atoms with Crippen LogP contribution in [0.25, 0.3) is 11.0 Å². The summed E-state index contributed by atoms with van der Waals surface area (Å²) in [5.74, 6) is 1.72. The first-order valence-corrected chi connectivity index (χ1v) is 10.8. The maximum Gasteiger partial charge on any atom is 0.326 e. The minimum absolute atomic E-state index is 0.0135. The van der Waals surface area contributed by atoms with Crippen molar-refractivity contribution in [2.45, 2.75) is 19.5 Å². The molecule has 0 atom stereocenters. The van der Waals surface area contributed by atoms with Gasteiger partial charge in [0.05, 0.1) is 11.0 Å². The first-order valence-electron chi connectivity index (χ1n) is 10.8. The van der Waals surface area contributed by atoms with Gasteiger partial charge in [-0.05, 0) is 42.8 Å². The van der Waals surface area contributed by atoms with Gasteiger partial charge in [0.15, 0.2) is 11.5 Å². The molecule has 0 aliphatic carbocycles. The lowest BCUT2D eigenvalue weighted by Crippen LogP contribution is -2.46.